The number of carbonyl (C=O) groups is 1. The summed E-state index contributed by atoms with van der Waals surface area (Å²) in [6.07, 6.45) is 4.62. The Morgan fingerprint density at radius 1 is 1.11 bits per heavy atom. The molecule has 0 atom stereocenters. The largest absolute Gasteiger partial charge is 0.489 e. The number of ether oxygens (including phenoxy) is 1. The van der Waals surface area contributed by atoms with E-state index in [1.54, 1.807) is 17.4 Å². The first-order valence-corrected chi connectivity index (χ1v) is 14.0. The third kappa shape index (κ3) is 6.61. The fourth-order valence-corrected chi connectivity index (χ4v) is 6.48. The molecule has 2 saturated heterocycles. The van der Waals surface area contributed by atoms with Gasteiger partial charge in [0.2, 0.25) is 5.91 Å². The lowest BCUT2D eigenvalue weighted by Gasteiger charge is -2.32. The molecular formula is C27H31BrFN3O2S. The Labute approximate surface area is 218 Å². The number of hydrogen-bond donors (Lipinski definition) is 2. The monoisotopic (exact) mass is 559 g/mol. The van der Waals surface area contributed by atoms with Gasteiger partial charge in [-0.15, -0.1) is 11.3 Å². The van der Waals surface area contributed by atoms with Crippen LogP contribution in [0.15, 0.2) is 46.9 Å². The molecule has 0 bridgehead atoms. The number of likely N-dealkylation sites (tertiary alicyclic amines) is 1. The van der Waals surface area contributed by atoms with E-state index in [-0.39, 0.29) is 23.9 Å². The van der Waals surface area contributed by atoms with Crippen molar-refractivity contribution in [3.05, 3.63) is 63.2 Å². The highest BCUT2D eigenvalue weighted by Crippen LogP contribution is 2.29. The number of amides is 1. The molecule has 5 rings (SSSR count). The number of halogens is 2. The maximum Gasteiger partial charge on any atom is 0.225 e. The van der Waals surface area contributed by atoms with Crippen LogP contribution in [-0.4, -0.2) is 49.1 Å². The highest BCUT2D eigenvalue weighted by molar-refractivity contribution is 9.10. The fraction of sp³-hybridized carbons (Fsp3) is 0.444. The van der Waals surface area contributed by atoms with Crippen molar-refractivity contribution in [3.63, 3.8) is 0 Å². The first-order valence-electron chi connectivity index (χ1n) is 12.4. The van der Waals surface area contributed by atoms with Crippen molar-refractivity contribution >= 4 is 43.3 Å². The van der Waals surface area contributed by atoms with Gasteiger partial charge in [0.05, 0.1) is 10.9 Å². The van der Waals surface area contributed by atoms with E-state index in [4.69, 9.17) is 4.74 Å². The summed E-state index contributed by atoms with van der Waals surface area (Å²) in [6, 6.07) is 13.3. The van der Waals surface area contributed by atoms with Crippen LogP contribution in [0.4, 0.5) is 4.39 Å². The van der Waals surface area contributed by atoms with Gasteiger partial charge in [0.25, 0.3) is 0 Å². The van der Waals surface area contributed by atoms with Crippen LogP contribution in [-0.2, 0) is 17.8 Å². The Bertz CT molecular complexity index is 1170. The molecule has 0 saturated carbocycles. The van der Waals surface area contributed by atoms with E-state index in [1.165, 1.54) is 17.7 Å². The maximum absolute atomic E-state index is 13.4. The second-order valence-electron chi connectivity index (χ2n) is 9.52. The Balaban J connectivity index is 1.07. The van der Waals surface area contributed by atoms with Gasteiger partial charge in [0.15, 0.2) is 0 Å². The van der Waals surface area contributed by atoms with Crippen LogP contribution >= 0.6 is 27.3 Å². The molecule has 2 fully saturated rings. The standard InChI is InChI=1S/C27H31BrFN3O2S/c28-24-13-18(1-3-25(24)34-22-5-9-30-10-6-22)17-32-11-7-21(8-12-32)31-27(33)16-23-15-19-14-20(29)2-4-26(19)35-23/h1-4,13-15,21-22,30H,5-12,16-17H2,(H,31,33). The van der Waals surface area contributed by atoms with Gasteiger partial charge < -0.3 is 15.4 Å². The molecule has 35 heavy (non-hydrogen) atoms. The van der Waals surface area contributed by atoms with Gasteiger partial charge in [-0.2, -0.15) is 0 Å². The first kappa shape index (κ1) is 24.7. The van der Waals surface area contributed by atoms with Gasteiger partial charge >= 0.3 is 0 Å². The van der Waals surface area contributed by atoms with Crippen LogP contribution in [0.2, 0.25) is 0 Å². The number of nitrogens with one attached hydrogen (secondary N) is 2. The summed E-state index contributed by atoms with van der Waals surface area (Å²) in [5.41, 5.74) is 1.26. The molecule has 2 aliphatic heterocycles. The van der Waals surface area contributed by atoms with Gasteiger partial charge in [0.1, 0.15) is 17.7 Å². The van der Waals surface area contributed by atoms with E-state index < -0.39 is 0 Å². The fourth-order valence-electron chi connectivity index (χ4n) is 4.92. The highest BCUT2D eigenvalue weighted by atomic mass is 79.9. The van der Waals surface area contributed by atoms with Crippen molar-refractivity contribution in [3.8, 4) is 5.75 Å². The second-order valence-corrected chi connectivity index (χ2v) is 11.5. The number of piperidine rings is 2. The Hall–Kier alpha value is -2.00. The zero-order chi connectivity index (χ0) is 24.2. The first-order chi connectivity index (χ1) is 17.0. The van der Waals surface area contributed by atoms with Gasteiger partial charge in [0, 0.05) is 35.3 Å². The molecule has 2 aromatic carbocycles. The van der Waals surface area contributed by atoms with E-state index in [9.17, 15) is 9.18 Å². The van der Waals surface area contributed by atoms with Gasteiger partial charge in [-0.1, -0.05) is 6.07 Å². The lowest BCUT2D eigenvalue weighted by Crippen LogP contribution is -2.44. The summed E-state index contributed by atoms with van der Waals surface area (Å²) in [4.78, 5) is 16.0. The molecule has 8 heteroatoms. The van der Waals surface area contributed by atoms with E-state index in [0.717, 1.165) is 83.6 Å². The summed E-state index contributed by atoms with van der Waals surface area (Å²) < 4.78 is 21.6. The third-order valence-electron chi connectivity index (χ3n) is 6.80. The smallest absolute Gasteiger partial charge is 0.225 e. The van der Waals surface area contributed by atoms with Crippen LogP contribution in [0.5, 0.6) is 5.75 Å². The molecule has 0 unspecified atom stereocenters. The Morgan fingerprint density at radius 2 is 1.91 bits per heavy atom. The number of nitrogens with zero attached hydrogens (tertiary/aromatic N) is 1. The molecule has 1 aromatic heterocycles. The molecule has 1 amide bonds. The molecule has 186 valence electrons. The number of thiophene rings is 1. The van der Waals surface area contributed by atoms with Gasteiger partial charge in [-0.25, -0.2) is 4.39 Å². The Morgan fingerprint density at radius 3 is 2.69 bits per heavy atom. The van der Waals surface area contributed by atoms with Crippen LogP contribution in [0.25, 0.3) is 10.1 Å². The molecule has 2 N–H and O–H groups in total. The van der Waals surface area contributed by atoms with E-state index in [0.29, 0.717) is 6.42 Å². The summed E-state index contributed by atoms with van der Waals surface area (Å²) in [6.45, 7) is 4.84. The molecule has 2 aliphatic rings. The van der Waals surface area contributed by atoms with E-state index >= 15 is 0 Å². The normalized spacial score (nSPS) is 18.1. The minimum atomic E-state index is -0.244. The number of rotatable bonds is 7. The van der Waals surface area contributed by atoms with Crippen molar-refractivity contribution in [2.75, 3.05) is 26.2 Å². The molecule has 5 nitrogen and oxygen atoms in total. The van der Waals surface area contributed by atoms with Gasteiger partial charge in [-0.3, -0.25) is 9.69 Å². The topological polar surface area (TPSA) is 53.6 Å². The number of carbonyl (C=O) groups excluding carboxylic acids is 1. The summed E-state index contributed by atoms with van der Waals surface area (Å²) in [5.74, 6) is 0.724. The van der Waals surface area contributed by atoms with Crippen molar-refractivity contribution in [1.29, 1.82) is 0 Å². The number of hydrogen-bond acceptors (Lipinski definition) is 5. The van der Waals surface area contributed by atoms with Gasteiger partial charge in [-0.05, 0) is 102 Å². The zero-order valence-electron chi connectivity index (χ0n) is 19.7. The molecule has 0 spiro atoms. The maximum atomic E-state index is 13.4. The SMILES string of the molecule is O=C(Cc1cc2cc(F)ccc2s1)NC1CCN(Cc2ccc(OC3CCNCC3)c(Br)c2)CC1. The lowest BCUT2D eigenvalue weighted by atomic mass is 10.0. The molecular weight excluding hydrogens is 529 g/mol. The van der Waals surface area contributed by atoms with Crippen LogP contribution < -0.4 is 15.4 Å². The summed E-state index contributed by atoms with van der Waals surface area (Å²) in [7, 11) is 0. The summed E-state index contributed by atoms with van der Waals surface area (Å²) >= 11 is 5.25. The van der Waals surface area contributed by atoms with Crippen molar-refractivity contribution in [1.82, 2.24) is 15.5 Å². The van der Waals surface area contributed by atoms with E-state index in [1.807, 2.05) is 6.07 Å². The highest BCUT2D eigenvalue weighted by Gasteiger charge is 2.22. The van der Waals surface area contributed by atoms with Crippen LogP contribution in [0.1, 0.15) is 36.1 Å². The number of benzene rings is 2. The predicted molar refractivity (Wildman–Crippen MR) is 143 cm³/mol. The quantitative estimate of drug-likeness (QED) is 0.414. The average Bonchev–Trinajstić information content (AvgIpc) is 3.24. The van der Waals surface area contributed by atoms with Crippen molar-refractivity contribution < 1.29 is 13.9 Å². The number of fused-ring (bicyclic) bond motifs is 1. The second kappa shape index (κ2) is 11.4. The Kier molecular flexibility index (Phi) is 8.02. The van der Waals surface area contributed by atoms with E-state index in [2.05, 4.69) is 49.7 Å². The van der Waals surface area contributed by atoms with Crippen LogP contribution in [0.3, 0.4) is 0 Å². The minimum absolute atomic E-state index is 0.0451. The molecule has 3 aromatic rings. The summed E-state index contributed by atoms with van der Waals surface area (Å²) in [5, 5.41) is 7.43. The third-order valence-corrected chi connectivity index (χ3v) is 8.53. The predicted octanol–water partition coefficient (Wildman–Crippen LogP) is 5.26. The van der Waals surface area contributed by atoms with Crippen LogP contribution in [0, 0.1) is 5.82 Å². The molecule has 0 aliphatic carbocycles. The zero-order valence-corrected chi connectivity index (χ0v) is 22.1. The van der Waals surface area contributed by atoms with Crippen molar-refractivity contribution in [2.45, 2.75) is 50.8 Å². The molecule has 3 heterocycles. The lowest BCUT2D eigenvalue weighted by molar-refractivity contribution is -0.121. The average molecular weight is 561 g/mol. The van der Waals surface area contributed by atoms with Crippen molar-refractivity contribution in [2.24, 2.45) is 0 Å². The molecule has 0 radical (unpaired) electrons. The minimum Gasteiger partial charge on any atom is -0.489 e.